The zero-order valence-corrected chi connectivity index (χ0v) is 11.7. The van der Waals surface area contributed by atoms with Crippen LogP contribution in [0.3, 0.4) is 0 Å². The van der Waals surface area contributed by atoms with E-state index in [1.54, 1.807) is 11.3 Å². The van der Waals surface area contributed by atoms with Crippen molar-refractivity contribution < 1.29 is 14.6 Å². The summed E-state index contributed by atoms with van der Waals surface area (Å²) in [5.41, 5.74) is -0.630. The van der Waals surface area contributed by atoms with Gasteiger partial charge in [-0.25, -0.2) is 0 Å². The number of hydrogen-bond donors (Lipinski definition) is 1. The lowest BCUT2D eigenvalue weighted by Crippen LogP contribution is -2.44. The van der Waals surface area contributed by atoms with Crippen LogP contribution in [0.2, 0.25) is 4.34 Å². The van der Waals surface area contributed by atoms with E-state index in [2.05, 4.69) is 0 Å². The first-order valence-corrected chi connectivity index (χ1v) is 7.53. The third kappa shape index (κ3) is 2.58. The molecule has 1 N–H and O–H groups in total. The molecule has 1 aromatic heterocycles. The Balaban J connectivity index is 1.63. The highest BCUT2D eigenvalue weighted by molar-refractivity contribution is 7.16. The van der Waals surface area contributed by atoms with Crippen molar-refractivity contribution in [1.82, 2.24) is 0 Å². The first kappa shape index (κ1) is 12.9. The molecule has 1 aliphatic heterocycles. The molecule has 1 saturated heterocycles. The molecule has 1 aliphatic carbocycles. The first-order valence-electron chi connectivity index (χ1n) is 6.34. The third-order valence-electron chi connectivity index (χ3n) is 3.89. The minimum absolute atomic E-state index is 0.403. The van der Waals surface area contributed by atoms with Gasteiger partial charge in [0, 0.05) is 24.1 Å². The summed E-state index contributed by atoms with van der Waals surface area (Å²) in [4.78, 5) is 1.15. The molecule has 0 unspecified atom stereocenters. The van der Waals surface area contributed by atoms with Crippen LogP contribution in [0, 0.1) is 0 Å². The average molecular weight is 289 g/mol. The number of rotatable bonds is 2. The minimum atomic E-state index is -0.630. The number of hydrogen-bond acceptors (Lipinski definition) is 4. The van der Waals surface area contributed by atoms with Crippen LogP contribution in [0.15, 0.2) is 12.1 Å². The van der Waals surface area contributed by atoms with Gasteiger partial charge in [0.05, 0.1) is 23.2 Å². The predicted molar refractivity (Wildman–Crippen MR) is 71.1 cm³/mol. The molecule has 1 spiro atoms. The van der Waals surface area contributed by atoms with Crippen LogP contribution in [0.1, 0.15) is 30.6 Å². The molecule has 0 atom stereocenters. The zero-order chi connectivity index (χ0) is 12.6. The van der Waals surface area contributed by atoms with Gasteiger partial charge in [0.1, 0.15) is 0 Å². The summed E-state index contributed by atoms with van der Waals surface area (Å²) in [6.07, 6.45) is 3.69. The van der Waals surface area contributed by atoms with E-state index >= 15 is 0 Å². The maximum atomic E-state index is 10.6. The Labute approximate surface area is 116 Å². The van der Waals surface area contributed by atoms with E-state index in [9.17, 15) is 5.11 Å². The van der Waals surface area contributed by atoms with E-state index in [0.717, 1.165) is 34.9 Å². The molecule has 18 heavy (non-hydrogen) atoms. The second-order valence-electron chi connectivity index (χ2n) is 5.21. The van der Waals surface area contributed by atoms with Gasteiger partial charge in [0.25, 0.3) is 0 Å². The van der Waals surface area contributed by atoms with Crippen molar-refractivity contribution >= 4 is 22.9 Å². The number of thiophene rings is 1. The number of ether oxygens (including phenoxy) is 2. The van der Waals surface area contributed by atoms with Gasteiger partial charge in [-0.15, -0.1) is 11.3 Å². The van der Waals surface area contributed by atoms with Crippen molar-refractivity contribution in [3.05, 3.63) is 21.3 Å². The van der Waals surface area contributed by atoms with Crippen molar-refractivity contribution in [3.8, 4) is 0 Å². The maximum Gasteiger partial charge on any atom is 0.168 e. The normalized spacial score (nSPS) is 25.7. The molecule has 2 aliphatic rings. The standard InChI is InChI=1S/C13H17ClO3S/c14-11-2-1-10(18-11)9-12(15)3-5-13(6-4-12)16-7-8-17-13/h1-2,15H,3-9H2. The molecule has 3 nitrogen and oxygen atoms in total. The van der Waals surface area contributed by atoms with Gasteiger partial charge in [-0.2, -0.15) is 0 Å². The lowest BCUT2D eigenvalue weighted by atomic mass is 9.79. The molecule has 0 bridgehead atoms. The predicted octanol–water partition coefficient (Wildman–Crippen LogP) is 2.99. The van der Waals surface area contributed by atoms with Crippen LogP contribution in [0.4, 0.5) is 0 Å². The van der Waals surface area contributed by atoms with Gasteiger partial charge in [-0.05, 0) is 25.0 Å². The van der Waals surface area contributed by atoms with Crippen molar-refractivity contribution in [2.24, 2.45) is 0 Å². The number of aliphatic hydroxyl groups is 1. The van der Waals surface area contributed by atoms with E-state index in [-0.39, 0.29) is 0 Å². The fraction of sp³-hybridized carbons (Fsp3) is 0.692. The summed E-state index contributed by atoms with van der Waals surface area (Å²) in [6.45, 7) is 1.36. The molecule has 5 heteroatoms. The van der Waals surface area contributed by atoms with Gasteiger partial charge in [-0.3, -0.25) is 0 Å². The largest absolute Gasteiger partial charge is 0.390 e. The molecule has 2 heterocycles. The second kappa shape index (κ2) is 4.76. The average Bonchev–Trinajstić information content (AvgIpc) is 2.94. The SMILES string of the molecule is OC1(Cc2ccc(Cl)s2)CCC2(CC1)OCCO2. The van der Waals surface area contributed by atoms with Crippen molar-refractivity contribution in [2.45, 2.75) is 43.5 Å². The van der Waals surface area contributed by atoms with Crippen LogP contribution in [0.25, 0.3) is 0 Å². The molecule has 1 aromatic rings. The molecule has 0 radical (unpaired) electrons. The number of halogens is 1. The topological polar surface area (TPSA) is 38.7 Å². The summed E-state index contributed by atoms with van der Waals surface area (Å²) in [5.74, 6) is -0.403. The van der Waals surface area contributed by atoms with Gasteiger partial charge in [0.15, 0.2) is 5.79 Å². The Hall–Kier alpha value is -0.130. The van der Waals surface area contributed by atoms with Crippen LogP contribution < -0.4 is 0 Å². The molecular weight excluding hydrogens is 272 g/mol. The Kier molecular flexibility index (Phi) is 3.41. The lowest BCUT2D eigenvalue weighted by molar-refractivity contribution is -0.202. The molecule has 100 valence electrons. The van der Waals surface area contributed by atoms with Crippen LogP contribution in [-0.4, -0.2) is 29.7 Å². The maximum absolute atomic E-state index is 10.6. The second-order valence-corrected chi connectivity index (χ2v) is 7.01. The lowest BCUT2D eigenvalue weighted by Gasteiger charge is -2.40. The Morgan fingerprint density at radius 3 is 2.39 bits per heavy atom. The molecule has 1 saturated carbocycles. The van der Waals surface area contributed by atoms with E-state index in [1.807, 2.05) is 12.1 Å². The Bertz CT molecular complexity index is 416. The fourth-order valence-corrected chi connectivity index (χ4v) is 4.05. The van der Waals surface area contributed by atoms with Crippen LogP contribution >= 0.6 is 22.9 Å². The Morgan fingerprint density at radius 2 is 1.83 bits per heavy atom. The summed E-state index contributed by atoms with van der Waals surface area (Å²) in [5, 5.41) is 10.6. The first-order chi connectivity index (χ1) is 8.59. The Morgan fingerprint density at radius 1 is 1.17 bits per heavy atom. The van der Waals surface area contributed by atoms with Crippen molar-refractivity contribution in [3.63, 3.8) is 0 Å². The minimum Gasteiger partial charge on any atom is -0.390 e. The van der Waals surface area contributed by atoms with Crippen LogP contribution in [0.5, 0.6) is 0 Å². The van der Waals surface area contributed by atoms with Crippen LogP contribution in [-0.2, 0) is 15.9 Å². The monoisotopic (exact) mass is 288 g/mol. The molecule has 0 amide bonds. The van der Waals surface area contributed by atoms with E-state index < -0.39 is 11.4 Å². The molecular formula is C13H17ClO3S. The summed E-state index contributed by atoms with van der Waals surface area (Å²) >= 11 is 7.47. The highest BCUT2D eigenvalue weighted by Crippen LogP contribution is 2.42. The van der Waals surface area contributed by atoms with E-state index in [0.29, 0.717) is 19.6 Å². The quantitative estimate of drug-likeness (QED) is 0.909. The highest BCUT2D eigenvalue weighted by atomic mass is 35.5. The van der Waals surface area contributed by atoms with Gasteiger partial charge in [-0.1, -0.05) is 11.6 Å². The summed E-state index contributed by atoms with van der Waals surface area (Å²) in [6, 6.07) is 3.89. The summed E-state index contributed by atoms with van der Waals surface area (Å²) < 4.78 is 12.1. The zero-order valence-electron chi connectivity index (χ0n) is 10.2. The van der Waals surface area contributed by atoms with Crippen molar-refractivity contribution in [1.29, 1.82) is 0 Å². The van der Waals surface area contributed by atoms with Gasteiger partial charge >= 0.3 is 0 Å². The molecule has 3 rings (SSSR count). The van der Waals surface area contributed by atoms with Crippen molar-refractivity contribution in [2.75, 3.05) is 13.2 Å². The van der Waals surface area contributed by atoms with E-state index in [4.69, 9.17) is 21.1 Å². The summed E-state index contributed by atoms with van der Waals surface area (Å²) in [7, 11) is 0. The van der Waals surface area contributed by atoms with Gasteiger partial charge < -0.3 is 14.6 Å². The highest BCUT2D eigenvalue weighted by Gasteiger charge is 2.45. The molecule has 2 fully saturated rings. The smallest absolute Gasteiger partial charge is 0.168 e. The fourth-order valence-electron chi connectivity index (χ4n) is 2.83. The third-order valence-corrected chi connectivity index (χ3v) is 5.12. The molecule has 0 aromatic carbocycles. The van der Waals surface area contributed by atoms with Gasteiger partial charge in [0.2, 0.25) is 0 Å². The van der Waals surface area contributed by atoms with E-state index in [1.165, 1.54) is 0 Å².